The number of hydrogen-bond acceptors (Lipinski definition) is 2. The molecule has 0 N–H and O–H groups in total. The summed E-state index contributed by atoms with van der Waals surface area (Å²) in [5.74, 6) is 1.35. The highest BCUT2D eigenvalue weighted by Crippen LogP contribution is 2.21. The summed E-state index contributed by atoms with van der Waals surface area (Å²) < 4.78 is 4.68. The van der Waals surface area contributed by atoms with E-state index in [1.165, 1.54) is 58.5 Å². The fourth-order valence-electron chi connectivity index (χ4n) is 2.66. The first-order chi connectivity index (χ1) is 9.10. The Morgan fingerprint density at radius 2 is 1.53 bits per heavy atom. The number of unbranched alkanes of at least 4 members (excludes halogenated alkanes) is 5. The van der Waals surface area contributed by atoms with Gasteiger partial charge in [-0.05, 0) is 24.7 Å². The zero-order chi connectivity index (χ0) is 14.5. The number of carbonyl (C=O) groups excluding carboxylic acids is 1. The molecule has 0 aromatic carbocycles. The molecule has 0 spiro atoms. The molecular formula is C17H34O2. The van der Waals surface area contributed by atoms with Crippen molar-refractivity contribution in [3.05, 3.63) is 0 Å². The Morgan fingerprint density at radius 3 is 2.16 bits per heavy atom. The minimum Gasteiger partial charge on any atom is -0.469 e. The molecule has 0 aliphatic heterocycles. The third kappa shape index (κ3) is 12.3. The fourth-order valence-corrected chi connectivity index (χ4v) is 2.66. The summed E-state index contributed by atoms with van der Waals surface area (Å²) in [6, 6.07) is 0. The molecule has 2 unspecified atom stereocenters. The first kappa shape index (κ1) is 18.5. The van der Waals surface area contributed by atoms with Crippen LogP contribution in [0, 0.1) is 11.8 Å². The van der Waals surface area contributed by atoms with Gasteiger partial charge in [0.15, 0.2) is 0 Å². The van der Waals surface area contributed by atoms with Gasteiger partial charge in [-0.15, -0.1) is 0 Å². The zero-order valence-electron chi connectivity index (χ0n) is 13.5. The van der Waals surface area contributed by atoms with Crippen molar-refractivity contribution in [2.45, 2.75) is 85.0 Å². The third-order valence-electron chi connectivity index (χ3n) is 3.92. The van der Waals surface area contributed by atoms with Gasteiger partial charge < -0.3 is 4.74 Å². The van der Waals surface area contributed by atoms with Crippen molar-refractivity contribution in [3.8, 4) is 0 Å². The summed E-state index contributed by atoms with van der Waals surface area (Å²) in [6.07, 6.45) is 12.4. The lowest BCUT2D eigenvalue weighted by molar-refractivity contribution is -0.140. The van der Waals surface area contributed by atoms with Gasteiger partial charge in [-0.2, -0.15) is 0 Å². The van der Waals surface area contributed by atoms with Gasteiger partial charge in [-0.3, -0.25) is 4.79 Å². The van der Waals surface area contributed by atoms with E-state index in [4.69, 9.17) is 0 Å². The van der Waals surface area contributed by atoms with E-state index in [0.717, 1.165) is 12.3 Å². The van der Waals surface area contributed by atoms with Gasteiger partial charge >= 0.3 is 5.97 Å². The molecule has 0 radical (unpaired) electrons. The summed E-state index contributed by atoms with van der Waals surface area (Å²) in [7, 11) is 1.47. The predicted molar refractivity (Wildman–Crippen MR) is 82.2 cm³/mol. The van der Waals surface area contributed by atoms with E-state index in [0.29, 0.717) is 12.3 Å². The number of esters is 1. The van der Waals surface area contributed by atoms with E-state index in [1.54, 1.807) is 0 Å². The van der Waals surface area contributed by atoms with Crippen molar-refractivity contribution in [2.75, 3.05) is 7.11 Å². The van der Waals surface area contributed by atoms with Gasteiger partial charge in [0.2, 0.25) is 0 Å². The topological polar surface area (TPSA) is 26.3 Å². The molecule has 0 bridgehead atoms. The highest BCUT2D eigenvalue weighted by Gasteiger charge is 2.11. The average molecular weight is 270 g/mol. The van der Waals surface area contributed by atoms with E-state index in [-0.39, 0.29) is 5.97 Å². The van der Waals surface area contributed by atoms with Gasteiger partial charge in [-0.25, -0.2) is 0 Å². The van der Waals surface area contributed by atoms with E-state index < -0.39 is 0 Å². The van der Waals surface area contributed by atoms with E-state index in [2.05, 4.69) is 25.5 Å². The van der Waals surface area contributed by atoms with Crippen molar-refractivity contribution in [2.24, 2.45) is 11.8 Å². The van der Waals surface area contributed by atoms with Crippen molar-refractivity contribution >= 4 is 5.97 Å². The molecule has 0 aliphatic rings. The number of carbonyl (C=O) groups is 1. The van der Waals surface area contributed by atoms with Gasteiger partial charge in [0.05, 0.1) is 7.11 Å². The second-order valence-corrected chi connectivity index (χ2v) is 6.12. The molecule has 114 valence electrons. The number of hydrogen-bond donors (Lipinski definition) is 0. The minimum atomic E-state index is -0.0737. The van der Waals surface area contributed by atoms with Crippen LogP contribution in [0.1, 0.15) is 85.0 Å². The number of rotatable bonds is 12. The van der Waals surface area contributed by atoms with Crippen LogP contribution < -0.4 is 0 Å². The van der Waals surface area contributed by atoms with Crippen LogP contribution in [-0.2, 0) is 9.53 Å². The van der Waals surface area contributed by atoms with E-state index in [1.807, 2.05) is 0 Å². The fraction of sp³-hybridized carbons (Fsp3) is 0.941. The van der Waals surface area contributed by atoms with E-state index >= 15 is 0 Å². The molecule has 0 aromatic rings. The second-order valence-electron chi connectivity index (χ2n) is 6.12. The van der Waals surface area contributed by atoms with Crippen molar-refractivity contribution < 1.29 is 9.53 Å². The molecule has 0 rings (SSSR count). The first-order valence-electron chi connectivity index (χ1n) is 8.16. The summed E-state index contributed by atoms with van der Waals surface area (Å²) in [5.41, 5.74) is 0. The maximum absolute atomic E-state index is 11.1. The molecule has 2 atom stereocenters. The second kappa shape index (κ2) is 12.5. The summed E-state index contributed by atoms with van der Waals surface area (Å²) >= 11 is 0. The lowest BCUT2D eigenvalue weighted by Gasteiger charge is -2.16. The maximum atomic E-state index is 11.1. The Bertz CT molecular complexity index is 213. The highest BCUT2D eigenvalue weighted by molar-refractivity contribution is 5.69. The van der Waals surface area contributed by atoms with Crippen LogP contribution in [0.2, 0.25) is 0 Å². The third-order valence-corrected chi connectivity index (χ3v) is 3.92. The van der Waals surface area contributed by atoms with Crippen molar-refractivity contribution in [1.29, 1.82) is 0 Å². The highest BCUT2D eigenvalue weighted by atomic mass is 16.5. The summed E-state index contributed by atoms with van der Waals surface area (Å²) in [4.78, 5) is 11.1. The van der Waals surface area contributed by atoms with Crippen LogP contribution in [0.3, 0.4) is 0 Å². The van der Waals surface area contributed by atoms with Crippen LogP contribution >= 0.6 is 0 Å². The van der Waals surface area contributed by atoms with Crippen LogP contribution in [0.5, 0.6) is 0 Å². The maximum Gasteiger partial charge on any atom is 0.305 e. The quantitative estimate of drug-likeness (QED) is 0.353. The largest absolute Gasteiger partial charge is 0.469 e. The molecular weight excluding hydrogens is 236 g/mol. The molecule has 0 aromatic heterocycles. The Hall–Kier alpha value is -0.530. The monoisotopic (exact) mass is 270 g/mol. The molecule has 2 nitrogen and oxygen atoms in total. The molecule has 0 saturated heterocycles. The lowest BCUT2D eigenvalue weighted by Crippen LogP contribution is -2.07. The van der Waals surface area contributed by atoms with Crippen molar-refractivity contribution in [3.63, 3.8) is 0 Å². The molecule has 0 amide bonds. The standard InChI is InChI=1S/C17H34O2/c1-5-6-7-8-9-10-11-15(2)14-16(3)12-13-17(18)19-4/h15-16H,5-14H2,1-4H3. The Labute approximate surface area is 120 Å². The average Bonchev–Trinajstić information content (AvgIpc) is 2.39. The normalized spacial score (nSPS) is 14.1. The van der Waals surface area contributed by atoms with Crippen LogP contribution in [-0.4, -0.2) is 13.1 Å². The molecule has 0 aliphatic carbocycles. The Balaban J connectivity index is 3.46. The molecule has 0 fully saturated rings. The van der Waals surface area contributed by atoms with Crippen molar-refractivity contribution in [1.82, 2.24) is 0 Å². The summed E-state index contributed by atoms with van der Waals surface area (Å²) in [5, 5.41) is 0. The number of methoxy groups -OCH3 is 1. The smallest absolute Gasteiger partial charge is 0.305 e. The molecule has 2 heteroatoms. The molecule has 19 heavy (non-hydrogen) atoms. The van der Waals surface area contributed by atoms with Gasteiger partial charge in [0.1, 0.15) is 0 Å². The van der Waals surface area contributed by atoms with Gasteiger partial charge in [-0.1, -0.05) is 65.7 Å². The van der Waals surface area contributed by atoms with Gasteiger partial charge in [0.25, 0.3) is 0 Å². The Morgan fingerprint density at radius 1 is 0.947 bits per heavy atom. The predicted octanol–water partition coefficient (Wildman–Crippen LogP) is 5.35. The first-order valence-corrected chi connectivity index (χ1v) is 8.16. The molecule has 0 saturated carbocycles. The lowest BCUT2D eigenvalue weighted by atomic mass is 9.90. The van der Waals surface area contributed by atoms with Crippen LogP contribution in [0.25, 0.3) is 0 Å². The van der Waals surface area contributed by atoms with Gasteiger partial charge in [0, 0.05) is 6.42 Å². The van der Waals surface area contributed by atoms with Crippen LogP contribution in [0.15, 0.2) is 0 Å². The summed E-state index contributed by atoms with van der Waals surface area (Å²) in [6.45, 7) is 6.86. The minimum absolute atomic E-state index is 0.0737. The van der Waals surface area contributed by atoms with Crippen LogP contribution in [0.4, 0.5) is 0 Å². The SMILES string of the molecule is CCCCCCCCC(C)CC(C)CCC(=O)OC. The molecule has 0 heterocycles. The number of ether oxygens (including phenoxy) is 1. The Kier molecular flexibility index (Phi) is 12.2. The van der Waals surface area contributed by atoms with E-state index in [9.17, 15) is 4.79 Å². The zero-order valence-corrected chi connectivity index (χ0v) is 13.5.